The smallest absolute Gasteiger partial charge is 0.221 e. The fourth-order valence-electron chi connectivity index (χ4n) is 1.68. The lowest BCUT2D eigenvalue weighted by Gasteiger charge is -2.10. The first kappa shape index (κ1) is 11.4. The summed E-state index contributed by atoms with van der Waals surface area (Å²) in [6.07, 6.45) is 1.48. The molecule has 88 valence electrons. The maximum atomic E-state index is 14.0. The zero-order chi connectivity index (χ0) is 12.4. The Balaban J connectivity index is 2.67. The first-order valence-electron chi connectivity index (χ1n) is 5.18. The van der Waals surface area contributed by atoms with Crippen molar-refractivity contribution in [3.05, 3.63) is 41.8 Å². The van der Waals surface area contributed by atoms with Gasteiger partial charge in [-0.3, -0.25) is 0 Å². The van der Waals surface area contributed by atoms with E-state index in [0.717, 1.165) is 0 Å². The third kappa shape index (κ3) is 2.06. The van der Waals surface area contributed by atoms with Crippen molar-refractivity contribution in [2.24, 2.45) is 0 Å². The van der Waals surface area contributed by atoms with E-state index in [4.69, 9.17) is 10.5 Å². The van der Waals surface area contributed by atoms with Gasteiger partial charge in [0.1, 0.15) is 5.82 Å². The average molecular weight is 232 g/mol. The fraction of sp³-hybridized carbons (Fsp3) is 0.154. The predicted octanol–water partition coefficient (Wildman–Crippen LogP) is 2.79. The van der Waals surface area contributed by atoms with Crippen LogP contribution in [0.15, 0.2) is 30.5 Å². The molecule has 0 aliphatic heterocycles. The molecule has 0 unspecified atom stereocenters. The van der Waals surface area contributed by atoms with E-state index in [1.165, 1.54) is 13.3 Å². The Morgan fingerprint density at radius 1 is 1.29 bits per heavy atom. The minimum absolute atomic E-state index is 0.279. The maximum Gasteiger partial charge on any atom is 0.221 e. The van der Waals surface area contributed by atoms with Crippen molar-refractivity contribution in [1.29, 1.82) is 0 Å². The number of nitrogens with zero attached hydrogens (tertiary/aromatic N) is 1. The Bertz CT molecular complexity index is 555. The molecule has 0 amide bonds. The van der Waals surface area contributed by atoms with Crippen LogP contribution in [0.4, 0.5) is 10.1 Å². The number of halogens is 1. The van der Waals surface area contributed by atoms with Crippen molar-refractivity contribution in [3.8, 4) is 17.0 Å². The Kier molecular flexibility index (Phi) is 2.95. The zero-order valence-electron chi connectivity index (χ0n) is 9.70. The second-order valence-corrected chi connectivity index (χ2v) is 3.76. The Morgan fingerprint density at radius 3 is 2.76 bits per heavy atom. The van der Waals surface area contributed by atoms with Crippen LogP contribution < -0.4 is 10.5 Å². The average Bonchev–Trinajstić information content (AvgIpc) is 2.33. The summed E-state index contributed by atoms with van der Waals surface area (Å²) >= 11 is 0. The molecule has 1 heterocycles. The summed E-state index contributed by atoms with van der Waals surface area (Å²) in [5.74, 6) is 0.0851. The molecule has 2 rings (SSSR count). The number of hydrogen-bond acceptors (Lipinski definition) is 3. The molecule has 0 bridgehead atoms. The van der Waals surface area contributed by atoms with Crippen LogP contribution in [0.1, 0.15) is 5.56 Å². The van der Waals surface area contributed by atoms with Crippen LogP contribution in [-0.4, -0.2) is 12.1 Å². The highest BCUT2D eigenvalue weighted by molar-refractivity contribution is 5.72. The van der Waals surface area contributed by atoms with E-state index < -0.39 is 0 Å². The molecule has 3 nitrogen and oxygen atoms in total. The van der Waals surface area contributed by atoms with Crippen LogP contribution >= 0.6 is 0 Å². The Hall–Kier alpha value is -2.10. The van der Waals surface area contributed by atoms with Crippen LogP contribution in [0.2, 0.25) is 0 Å². The van der Waals surface area contributed by atoms with Crippen molar-refractivity contribution in [2.75, 3.05) is 12.8 Å². The largest absolute Gasteiger partial charge is 0.481 e. The molecule has 0 atom stereocenters. The number of hydrogen-bond donors (Lipinski definition) is 1. The molecule has 0 radical (unpaired) electrons. The molecule has 17 heavy (non-hydrogen) atoms. The van der Waals surface area contributed by atoms with Gasteiger partial charge in [-0.2, -0.15) is 0 Å². The highest BCUT2D eigenvalue weighted by Crippen LogP contribution is 2.32. The van der Waals surface area contributed by atoms with Crippen molar-refractivity contribution >= 4 is 5.69 Å². The molecule has 0 aliphatic carbocycles. The Morgan fingerprint density at radius 2 is 2.06 bits per heavy atom. The number of benzene rings is 1. The summed E-state index contributed by atoms with van der Waals surface area (Å²) in [5, 5.41) is 0. The predicted molar refractivity (Wildman–Crippen MR) is 65.3 cm³/mol. The van der Waals surface area contributed by atoms with Crippen molar-refractivity contribution in [3.63, 3.8) is 0 Å². The van der Waals surface area contributed by atoms with E-state index in [-0.39, 0.29) is 5.82 Å². The van der Waals surface area contributed by atoms with Crippen LogP contribution in [-0.2, 0) is 0 Å². The van der Waals surface area contributed by atoms with Gasteiger partial charge >= 0.3 is 0 Å². The second-order valence-electron chi connectivity index (χ2n) is 3.76. The van der Waals surface area contributed by atoms with Gasteiger partial charge in [0.25, 0.3) is 0 Å². The summed E-state index contributed by atoms with van der Waals surface area (Å²) < 4.78 is 19.1. The lowest BCUT2D eigenvalue weighted by atomic mass is 10.0. The number of rotatable bonds is 2. The number of pyridine rings is 1. The number of anilines is 1. The van der Waals surface area contributed by atoms with Gasteiger partial charge in [0.2, 0.25) is 5.88 Å². The molecule has 0 spiro atoms. The number of nitrogens with two attached hydrogens (primary N) is 1. The lowest BCUT2D eigenvalue weighted by Crippen LogP contribution is -1.97. The lowest BCUT2D eigenvalue weighted by molar-refractivity contribution is 0.399. The zero-order valence-corrected chi connectivity index (χ0v) is 9.70. The molecule has 4 heteroatoms. The molecule has 1 aromatic heterocycles. The summed E-state index contributed by atoms with van der Waals surface area (Å²) in [7, 11) is 1.50. The van der Waals surface area contributed by atoms with Gasteiger partial charge in [-0.1, -0.05) is 18.2 Å². The van der Waals surface area contributed by atoms with Crippen molar-refractivity contribution in [1.82, 2.24) is 4.98 Å². The standard InChI is InChI=1S/C13H13FN2O/c1-8-4-3-5-10(12(8)14)11-6-9(15)7-16-13(11)17-2/h3-7H,15H2,1-2H3. The molecule has 1 aromatic carbocycles. The number of aromatic nitrogens is 1. The molecule has 2 N–H and O–H groups in total. The Labute approximate surface area is 99.1 Å². The van der Waals surface area contributed by atoms with Gasteiger partial charge in [0.15, 0.2) is 0 Å². The van der Waals surface area contributed by atoms with Crippen LogP contribution in [0.25, 0.3) is 11.1 Å². The third-order valence-electron chi connectivity index (χ3n) is 2.55. The molecular weight excluding hydrogens is 219 g/mol. The van der Waals surface area contributed by atoms with Crippen LogP contribution in [0, 0.1) is 12.7 Å². The highest BCUT2D eigenvalue weighted by Gasteiger charge is 2.13. The molecule has 0 saturated heterocycles. The van der Waals surface area contributed by atoms with E-state index in [2.05, 4.69) is 4.98 Å². The summed E-state index contributed by atoms with van der Waals surface area (Å²) in [5.41, 5.74) is 7.73. The molecule has 0 saturated carbocycles. The van der Waals surface area contributed by atoms with Crippen LogP contribution in [0.3, 0.4) is 0 Å². The minimum atomic E-state index is -0.279. The second kappa shape index (κ2) is 4.41. The normalized spacial score (nSPS) is 10.3. The van der Waals surface area contributed by atoms with Gasteiger partial charge in [0, 0.05) is 11.1 Å². The van der Waals surface area contributed by atoms with Crippen molar-refractivity contribution in [2.45, 2.75) is 6.92 Å². The number of aryl methyl sites for hydroxylation is 1. The van der Waals surface area contributed by atoms with Gasteiger partial charge in [-0.25, -0.2) is 9.37 Å². The van der Waals surface area contributed by atoms with E-state index in [9.17, 15) is 4.39 Å². The highest BCUT2D eigenvalue weighted by atomic mass is 19.1. The number of nitrogen functional groups attached to an aromatic ring is 1. The molecular formula is C13H13FN2O. The fourth-order valence-corrected chi connectivity index (χ4v) is 1.68. The summed E-state index contributed by atoms with van der Waals surface area (Å²) in [6.45, 7) is 1.71. The molecule has 2 aromatic rings. The van der Waals surface area contributed by atoms with Gasteiger partial charge in [-0.15, -0.1) is 0 Å². The van der Waals surface area contributed by atoms with E-state index in [1.54, 1.807) is 31.2 Å². The molecule has 0 fully saturated rings. The monoisotopic (exact) mass is 232 g/mol. The van der Waals surface area contributed by atoms with Gasteiger partial charge in [-0.05, 0) is 18.6 Å². The topological polar surface area (TPSA) is 48.1 Å². The van der Waals surface area contributed by atoms with E-state index in [0.29, 0.717) is 28.3 Å². The van der Waals surface area contributed by atoms with Gasteiger partial charge in [0.05, 0.1) is 19.0 Å². The third-order valence-corrected chi connectivity index (χ3v) is 2.55. The SMILES string of the molecule is COc1ncc(N)cc1-c1cccc(C)c1F. The first-order chi connectivity index (χ1) is 8.13. The van der Waals surface area contributed by atoms with E-state index >= 15 is 0 Å². The minimum Gasteiger partial charge on any atom is -0.481 e. The number of ether oxygens (including phenoxy) is 1. The summed E-state index contributed by atoms with van der Waals surface area (Å²) in [4.78, 5) is 4.03. The molecule has 0 aliphatic rings. The number of methoxy groups -OCH3 is 1. The van der Waals surface area contributed by atoms with Crippen LogP contribution in [0.5, 0.6) is 5.88 Å². The van der Waals surface area contributed by atoms with Crippen molar-refractivity contribution < 1.29 is 9.13 Å². The first-order valence-corrected chi connectivity index (χ1v) is 5.18. The maximum absolute atomic E-state index is 14.0. The quantitative estimate of drug-likeness (QED) is 0.866. The van der Waals surface area contributed by atoms with Gasteiger partial charge < -0.3 is 10.5 Å². The van der Waals surface area contributed by atoms with E-state index in [1.807, 2.05) is 0 Å². The summed E-state index contributed by atoms with van der Waals surface area (Å²) in [6, 6.07) is 6.84.